The van der Waals surface area contributed by atoms with E-state index in [-0.39, 0.29) is 0 Å². The third-order valence-corrected chi connectivity index (χ3v) is 1.19. The van der Waals surface area contributed by atoms with Crippen molar-refractivity contribution >= 4 is 5.97 Å². The third kappa shape index (κ3) is 6.27. The maximum atomic E-state index is 10.9. The molecule has 0 aliphatic carbocycles. The van der Waals surface area contributed by atoms with Crippen LogP contribution in [-0.2, 0) is 9.53 Å². The SMILES string of the molecule is C=CC(=O)OC(C)(C)C#CC(C)(C)O. The lowest BCUT2D eigenvalue weighted by atomic mass is 10.1. The molecule has 0 atom stereocenters. The minimum Gasteiger partial charge on any atom is -0.443 e. The summed E-state index contributed by atoms with van der Waals surface area (Å²) in [5.74, 6) is 4.73. The van der Waals surface area contributed by atoms with E-state index in [2.05, 4.69) is 18.4 Å². The summed E-state index contributed by atoms with van der Waals surface area (Å²) in [5, 5.41) is 9.34. The lowest BCUT2D eigenvalue weighted by Gasteiger charge is -2.18. The standard InChI is InChI=1S/C11H16O3/c1-6-9(12)14-11(4,5)8-7-10(2,3)13/h6,13H,1H2,2-5H3. The molecule has 14 heavy (non-hydrogen) atoms. The van der Waals surface area contributed by atoms with E-state index in [0.29, 0.717) is 0 Å². The van der Waals surface area contributed by atoms with Crippen molar-refractivity contribution in [1.29, 1.82) is 0 Å². The van der Waals surface area contributed by atoms with Gasteiger partial charge in [0.15, 0.2) is 5.60 Å². The first-order chi connectivity index (χ1) is 6.16. The second-order valence-corrected chi connectivity index (χ2v) is 3.94. The van der Waals surface area contributed by atoms with Crippen molar-refractivity contribution in [2.75, 3.05) is 0 Å². The topological polar surface area (TPSA) is 46.5 Å². The minimum atomic E-state index is -1.09. The van der Waals surface area contributed by atoms with Crippen LogP contribution in [0.25, 0.3) is 0 Å². The van der Waals surface area contributed by atoms with Crippen LogP contribution in [-0.4, -0.2) is 22.3 Å². The van der Waals surface area contributed by atoms with Gasteiger partial charge >= 0.3 is 5.97 Å². The van der Waals surface area contributed by atoms with Crippen molar-refractivity contribution in [3.8, 4) is 11.8 Å². The van der Waals surface area contributed by atoms with Crippen LogP contribution in [0.3, 0.4) is 0 Å². The van der Waals surface area contributed by atoms with Crippen LogP contribution >= 0.6 is 0 Å². The van der Waals surface area contributed by atoms with Gasteiger partial charge in [-0.25, -0.2) is 4.79 Å². The Bertz CT molecular complexity index is 284. The van der Waals surface area contributed by atoms with E-state index >= 15 is 0 Å². The summed E-state index contributed by atoms with van der Waals surface area (Å²) >= 11 is 0. The second kappa shape index (κ2) is 4.30. The maximum Gasteiger partial charge on any atom is 0.331 e. The van der Waals surface area contributed by atoms with Crippen LogP contribution in [0, 0.1) is 11.8 Å². The number of rotatable bonds is 2. The normalized spacial score (nSPS) is 11.2. The molecule has 78 valence electrons. The van der Waals surface area contributed by atoms with E-state index in [1.54, 1.807) is 27.7 Å². The van der Waals surface area contributed by atoms with Crippen LogP contribution in [0.2, 0.25) is 0 Å². The summed E-state index contributed by atoms with van der Waals surface area (Å²) in [6, 6.07) is 0. The first-order valence-electron chi connectivity index (χ1n) is 4.28. The number of carbonyl (C=O) groups excluding carboxylic acids is 1. The zero-order valence-electron chi connectivity index (χ0n) is 9.05. The summed E-state index contributed by atoms with van der Waals surface area (Å²) in [6.45, 7) is 9.70. The molecule has 0 heterocycles. The van der Waals surface area contributed by atoms with Gasteiger partial charge in [0.25, 0.3) is 0 Å². The lowest BCUT2D eigenvalue weighted by molar-refractivity contribution is -0.145. The fourth-order valence-corrected chi connectivity index (χ4v) is 0.622. The predicted octanol–water partition coefficient (Wildman–Crippen LogP) is 1.27. The molecule has 3 heteroatoms. The van der Waals surface area contributed by atoms with Gasteiger partial charge in [0, 0.05) is 6.08 Å². The summed E-state index contributed by atoms with van der Waals surface area (Å²) in [7, 11) is 0. The molecule has 0 unspecified atom stereocenters. The summed E-state index contributed by atoms with van der Waals surface area (Å²) < 4.78 is 4.94. The molecule has 0 rings (SSSR count). The highest BCUT2D eigenvalue weighted by molar-refractivity contribution is 5.81. The van der Waals surface area contributed by atoms with Gasteiger partial charge in [0.05, 0.1) is 0 Å². The van der Waals surface area contributed by atoms with Crippen LogP contribution in [0.4, 0.5) is 0 Å². The molecule has 0 spiro atoms. The molecule has 3 nitrogen and oxygen atoms in total. The van der Waals surface area contributed by atoms with Gasteiger partial charge in [-0.15, -0.1) is 0 Å². The molecule has 0 radical (unpaired) electrons. The molecular formula is C11H16O3. The summed E-state index contributed by atoms with van der Waals surface area (Å²) in [5.41, 5.74) is -2.00. The molecule has 0 amide bonds. The van der Waals surface area contributed by atoms with Crippen molar-refractivity contribution in [3.05, 3.63) is 12.7 Å². The summed E-state index contributed by atoms with van der Waals surface area (Å²) in [6.07, 6.45) is 1.08. The van der Waals surface area contributed by atoms with E-state index in [9.17, 15) is 9.90 Å². The van der Waals surface area contributed by atoms with Crippen LogP contribution < -0.4 is 0 Å². The quantitative estimate of drug-likeness (QED) is 0.411. The Labute approximate surface area is 84.8 Å². The van der Waals surface area contributed by atoms with Gasteiger partial charge in [0.2, 0.25) is 0 Å². The number of esters is 1. The Morgan fingerprint density at radius 1 is 1.36 bits per heavy atom. The fourth-order valence-electron chi connectivity index (χ4n) is 0.622. The zero-order valence-corrected chi connectivity index (χ0v) is 9.05. The number of hydrogen-bond acceptors (Lipinski definition) is 3. The Morgan fingerprint density at radius 3 is 2.21 bits per heavy atom. The monoisotopic (exact) mass is 196 g/mol. The molecule has 0 aliphatic rings. The predicted molar refractivity (Wildman–Crippen MR) is 54.4 cm³/mol. The van der Waals surface area contributed by atoms with Crippen LogP contribution in [0.1, 0.15) is 27.7 Å². The van der Waals surface area contributed by atoms with Gasteiger partial charge < -0.3 is 9.84 Å². The average Bonchev–Trinajstić information content (AvgIpc) is 1.99. The Hall–Kier alpha value is -1.27. The Morgan fingerprint density at radius 2 is 1.86 bits per heavy atom. The van der Waals surface area contributed by atoms with Crippen molar-refractivity contribution in [2.24, 2.45) is 0 Å². The van der Waals surface area contributed by atoms with Crippen molar-refractivity contribution in [2.45, 2.75) is 38.9 Å². The molecule has 0 saturated carbocycles. The molecule has 0 aromatic carbocycles. The van der Waals surface area contributed by atoms with E-state index < -0.39 is 17.2 Å². The smallest absolute Gasteiger partial charge is 0.331 e. The molecule has 0 aliphatic heterocycles. The van der Waals surface area contributed by atoms with Gasteiger partial charge in [-0.3, -0.25) is 0 Å². The molecule has 1 N–H and O–H groups in total. The number of carbonyl (C=O) groups is 1. The third-order valence-electron chi connectivity index (χ3n) is 1.19. The lowest BCUT2D eigenvalue weighted by Crippen LogP contribution is -2.26. The molecule has 0 aromatic rings. The van der Waals surface area contributed by atoms with E-state index in [4.69, 9.17) is 4.74 Å². The van der Waals surface area contributed by atoms with Gasteiger partial charge in [-0.2, -0.15) is 0 Å². The van der Waals surface area contributed by atoms with Gasteiger partial charge in [0.1, 0.15) is 5.60 Å². The van der Waals surface area contributed by atoms with Crippen LogP contribution in [0.5, 0.6) is 0 Å². The number of aliphatic hydroxyl groups is 1. The molecule has 0 fully saturated rings. The number of hydrogen-bond donors (Lipinski definition) is 1. The van der Waals surface area contributed by atoms with E-state index in [1.807, 2.05) is 0 Å². The Balaban J connectivity index is 4.54. The van der Waals surface area contributed by atoms with Crippen molar-refractivity contribution in [1.82, 2.24) is 0 Å². The van der Waals surface area contributed by atoms with Crippen molar-refractivity contribution in [3.63, 3.8) is 0 Å². The maximum absolute atomic E-state index is 10.9. The highest BCUT2D eigenvalue weighted by Crippen LogP contribution is 2.09. The molecule has 0 bridgehead atoms. The molecule has 0 saturated heterocycles. The second-order valence-electron chi connectivity index (χ2n) is 3.94. The molecule has 0 aromatic heterocycles. The first kappa shape index (κ1) is 12.7. The first-order valence-corrected chi connectivity index (χ1v) is 4.28. The number of ether oxygens (including phenoxy) is 1. The van der Waals surface area contributed by atoms with E-state index in [1.165, 1.54) is 0 Å². The zero-order chi connectivity index (χ0) is 11.4. The van der Waals surface area contributed by atoms with Gasteiger partial charge in [-0.1, -0.05) is 18.4 Å². The van der Waals surface area contributed by atoms with E-state index in [0.717, 1.165) is 6.08 Å². The fraction of sp³-hybridized carbons (Fsp3) is 0.545. The minimum absolute atomic E-state index is 0.528. The highest BCUT2D eigenvalue weighted by Gasteiger charge is 2.19. The molecular weight excluding hydrogens is 180 g/mol. The van der Waals surface area contributed by atoms with Crippen LogP contribution in [0.15, 0.2) is 12.7 Å². The highest BCUT2D eigenvalue weighted by atomic mass is 16.6. The summed E-state index contributed by atoms with van der Waals surface area (Å²) in [4.78, 5) is 10.9. The average molecular weight is 196 g/mol. The largest absolute Gasteiger partial charge is 0.443 e. The van der Waals surface area contributed by atoms with Gasteiger partial charge in [-0.05, 0) is 27.7 Å². The Kier molecular flexibility index (Phi) is 3.91. The van der Waals surface area contributed by atoms with Crippen molar-refractivity contribution < 1.29 is 14.6 Å².